The van der Waals surface area contributed by atoms with Crippen molar-refractivity contribution in [3.8, 4) is 28.1 Å². The minimum Gasteiger partial charge on any atom is -0.507 e. The second-order valence-corrected chi connectivity index (χ2v) is 7.00. The first-order valence-corrected chi connectivity index (χ1v) is 9.43. The summed E-state index contributed by atoms with van der Waals surface area (Å²) >= 11 is 1.43. The molecule has 28 heavy (non-hydrogen) atoms. The Hall–Kier alpha value is -3.64. The van der Waals surface area contributed by atoms with Gasteiger partial charge in [0, 0.05) is 16.6 Å². The van der Waals surface area contributed by atoms with Gasteiger partial charge in [-0.3, -0.25) is 0 Å². The van der Waals surface area contributed by atoms with E-state index in [2.05, 4.69) is 34.6 Å². The van der Waals surface area contributed by atoms with Gasteiger partial charge in [0.25, 0.3) is 0 Å². The Labute approximate surface area is 165 Å². The van der Waals surface area contributed by atoms with Crippen LogP contribution in [0.5, 0.6) is 5.75 Å². The van der Waals surface area contributed by atoms with Gasteiger partial charge in [-0.1, -0.05) is 42.5 Å². The number of anilines is 2. The van der Waals surface area contributed by atoms with Crippen molar-refractivity contribution in [1.82, 2.24) is 4.98 Å². The quantitative estimate of drug-likeness (QED) is 0.413. The number of phenols is 1. The Morgan fingerprint density at radius 2 is 1.68 bits per heavy atom. The first-order valence-electron chi connectivity index (χ1n) is 8.55. The number of carboxylic acid groups (broad SMARTS) is 1. The molecule has 138 valence electrons. The van der Waals surface area contributed by atoms with Gasteiger partial charge in [-0.15, -0.1) is 11.3 Å². The van der Waals surface area contributed by atoms with Crippen LogP contribution in [0.1, 0.15) is 10.4 Å². The number of aromatic nitrogens is 1. The van der Waals surface area contributed by atoms with Gasteiger partial charge in [0.15, 0.2) is 5.13 Å². The van der Waals surface area contributed by atoms with Gasteiger partial charge in [0.1, 0.15) is 11.3 Å². The van der Waals surface area contributed by atoms with Gasteiger partial charge in [-0.2, -0.15) is 0 Å². The van der Waals surface area contributed by atoms with E-state index in [1.165, 1.54) is 23.5 Å². The van der Waals surface area contributed by atoms with Crippen LogP contribution in [0.3, 0.4) is 0 Å². The number of carbonyl (C=O) groups is 1. The zero-order valence-corrected chi connectivity index (χ0v) is 15.5. The summed E-state index contributed by atoms with van der Waals surface area (Å²) in [5, 5.41) is 24.7. The molecule has 0 unspecified atom stereocenters. The molecule has 0 radical (unpaired) electrons. The highest BCUT2D eigenvalue weighted by atomic mass is 32.1. The summed E-state index contributed by atoms with van der Waals surface area (Å²) in [6, 6.07) is 22.6. The van der Waals surface area contributed by atoms with Crippen LogP contribution in [-0.2, 0) is 0 Å². The minimum atomic E-state index is -1.18. The number of carboxylic acids is 1. The molecule has 0 atom stereocenters. The molecule has 1 aromatic heterocycles. The van der Waals surface area contributed by atoms with Crippen molar-refractivity contribution < 1.29 is 15.0 Å². The van der Waals surface area contributed by atoms with Crippen LogP contribution in [0.4, 0.5) is 10.8 Å². The Bertz CT molecular complexity index is 1140. The summed E-state index contributed by atoms with van der Waals surface area (Å²) < 4.78 is 0. The molecule has 0 amide bonds. The minimum absolute atomic E-state index is 0.143. The molecule has 6 heteroatoms. The van der Waals surface area contributed by atoms with E-state index in [-0.39, 0.29) is 11.3 Å². The van der Waals surface area contributed by atoms with Gasteiger partial charge in [0.2, 0.25) is 0 Å². The first-order chi connectivity index (χ1) is 13.6. The van der Waals surface area contributed by atoms with Crippen LogP contribution in [0.15, 0.2) is 78.2 Å². The van der Waals surface area contributed by atoms with Gasteiger partial charge in [-0.25, -0.2) is 9.78 Å². The molecule has 0 aliphatic rings. The first kappa shape index (κ1) is 17.8. The predicted octanol–water partition coefficient (Wildman–Crippen LogP) is 5.62. The molecule has 0 aliphatic carbocycles. The van der Waals surface area contributed by atoms with E-state index < -0.39 is 5.97 Å². The topological polar surface area (TPSA) is 82.5 Å². The maximum atomic E-state index is 11.2. The summed E-state index contributed by atoms with van der Waals surface area (Å²) in [4.78, 5) is 15.8. The highest BCUT2D eigenvalue weighted by Crippen LogP contribution is 2.31. The molecule has 5 nitrogen and oxygen atoms in total. The zero-order valence-electron chi connectivity index (χ0n) is 14.7. The van der Waals surface area contributed by atoms with E-state index in [0.29, 0.717) is 16.4 Å². The molecule has 0 aliphatic heterocycles. The Morgan fingerprint density at radius 3 is 2.46 bits per heavy atom. The van der Waals surface area contributed by atoms with Crippen LogP contribution in [-0.4, -0.2) is 21.2 Å². The van der Waals surface area contributed by atoms with Crippen molar-refractivity contribution in [3.05, 3.63) is 83.7 Å². The van der Waals surface area contributed by atoms with E-state index in [1.807, 2.05) is 35.7 Å². The molecule has 0 bridgehead atoms. The van der Waals surface area contributed by atoms with Crippen LogP contribution in [0, 0.1) is 0 Å². The smallest absolute Gasteiger partial charge is 0.339 e. The molecule has 4 aromatic rings. The van der Waals surface area contributed by atoms with Crippen molar-refractivity contribution in [2.75, 3.05) is 5.32 Å². The lowest BCUT2D eigenvalue weighted by Gasteiger charge is -2.06. The largest absolute Gasteiger partial charge is 0.507 e. The fourth-order valence-electron chi connectivity index (χ4n) is 2.86. The standard InChI is InChI=1S/C22H16N2O3S/c25-20-10-9-16(12-18(20)21(26)27)19-13-28-22(24-19)23-17-8-4-7-15(11-17)14-5-2-1-3-6-14/h1-13,25H,(H,23,24)(H,26,27). The van der Waals surface area contributed by atoms with E-state index in [4.69, 9.17) is 5.11 Å². The SMILES string of the molecule is O=C(O)c1cc(-c2csc(Nc3cccc(-c4ccccc4)c3)n2)ccc1O. The predicted molar refractivity (Wildman–Crippen MR) is 111 cm³/mol. The number of hydrogen-bond acceptors (Lipinski definition) is 5. The maximum Gasteiger partial charge on any atom is 0.339 e. The van der Waals surface area contributed by atoms with Gasteiger partial charge in [0.05, 0.1) is 5.69 Å². The molecule has 3 aromatic carbocycles. The van der Waals surface area contributed by atoms with Crippen LogP contribution in [0.25, 0.3) is 22.4 Å². The van der Waals surface area contributed by atoms with Crippen molar-refractivity contribution in [2.24, 2.45) is 0 Å². The molecule has 0 fully saturated rings. The monoisotopic (exact) mass is 388 g/mol. The second kappa shape index (κ2) is 7.54. The normalized spacial score (nSPS) is 10.6. The van der Waals surface area contributed by atoms with Gasteiger partial charge >= 0.3 is 5.97 Å². The number of benzene rings is 3. The lowest BCUT2D eigenvalue weighted by atomic mass is 10.1. The number of thiazole rings is 1. The van der Waals surface area contributed by atoms with Crippen LogP contribution in [0.2, 0.25) is 0 Å². The van der Waals surface area contributed by atoms with Crippen molar-refractivity contribution in [2.45, 2.75) is 0 Å². The number of hydrogen-bond donors (Lipinski definition) is 3. The maximum absolute atomic E-state index is 11.2. The molecule has 0 spiro atoms. The number of rotatable bonds is 5. The molecule has 0 saturated heterocycles. The lowest BCUT2D eigenvalue weighted by molar-refractivity contribution is 0.0694. The molecule has 4 rings (SSSR count). The number of aromatic carboxylic acids is 1. The van der Waals surface area contributed by atoms with E-state index >= 15 is 0 Å². The third-order valence-electron chi connectivity index (χ3n) is 4.25. The van der Waals surface area contributed by atoms with E-state index in [9.17, 15) is 9.90 Å². The highest BCUT2D eigenvalue weighted by molar-refractivity contribution is 7.14. The fourth-order valence-corrected chi connectivity index (χ4v) is 3.60. The molecule has 0 saturated carbocycles. The zero-order chi connectivity index (χ0) is 19.5. The average Bonchev–Trinajstić information content (AvgIpc) is 3.17. The number of aromatic hydroxyl groups is 1. The second-order valence-electron chi connectivity index (χ2n) is 6.15. The van der Waals surface area contributed by atoms with E-state index in [0.717, 1.165) is 16.8 Å². The molecule has 3 N–H and O–H groups in total. The summed E-state index contributed by atoms with van der Waals surface area (Å²) in [7, 11) is 0. The Morgan fingerprint density at radius 1 is 0.893 bits per heavy atom. The van der Waals surface area contributed by atoms with Gasteiger partial charge < -0.3 is 15.5 Å². The van der Waals surface area contributed by atoms with Crippen molar-refractivity contribution >= 4 is 28.1 Å². The van der Waals surface area contributed by atoms with Gasteiger partial charge in [-0.05, 0) is 41.5 Å². The van der Waals surface area contributed by atoms with Crippen molar-refractivity contribution in [3.63, 3.8) is 0 Å². The summed E-state index contributed by atoms with van der Waals surface area (Å²) in [6.07, 6.45) is 0. The lowest BCUT2D eigenvalue weighted by Crippen LogP contribution is -1.97. The summed E-state index contributed by atoms with van der Waals surface area (Å²) in [5.41, 5.74) is 4.30. The third kappa shape index (κ3) is 3.72. The number of nitrogens with zero attached hydrogens (tertiary/aromatic N) is 1. The third-order valence-corrected chi connectivity index (χ3v) is 5.01. The molecular formula is C22H16N2O3S. The Balaban J connectivity index is 1.58. The highest BCUT2D eigenvalue weighted by Gasteiger charge is 2.13. The summed E-state index contributed by atoms with van der Waals surface area (Å²) in [6.45, 7) is 0. The molecular weight excluding hydrogens is 372 g/mol. The average molecular weight is 388 g/mol. The van der Waals surface area contributed by atoms with Crippen LogP contribution < -0.4 is 5.32 Å². The van der Waals surface area contributed by atoms with E-state index in [1.54, 1.807) is 6.07 Å². The fraction of sp³-hybridized carbons (Fsp3) is 0. The Kier molecular flexibility index (Phi) is 4.78. The van der Waals surface area contributed by atoms with Crippen molar-refractivity contribution in [1.29, 1.82) is 0 Å². The molecule has 1 heterocycles. The number of nitrogens with one attached hydrogen (secondary N) is 1. The summed E-state index contributed by atoms with van der Waals surface area (Å²) in [5.74, 6) is -1.44. The van der Waals surface area contributed by atoms with Crippen LogP contribution >= 0.6 is 11.3 Å².